The number of carbonyl (C=O) groups excluding carboxylic acids is 1. The van der Waals surface area contributed by atoms with E-state index in [9.17, 15) is 4.79 Å². The molecule has 136 valence electrons. The number of hydrogen-bond donors (Lipinski definition) is 2. The third-order valence-corrected chi connectivity index (χ3v) is 4.88. The molecule has 25 heavy (non-hydrogen) atoms. The van der Waals surface area contributed by atoms with Gasteiger partial charge < -0.3 is 15.6 Å². The van der Waals surface area contributed by atoms with Crippen LogP contribution in [0, 0.1) is 0 Å². The Kier molecular flexibility index (Phi) is 8.01. The fraction of sp³-hybridized carbons (Fsp3) is 0.474. The van der Waals surface area contributed by atoms with Gasteiger partial charge in [-0.3, -0.25) is 4.79 Å². The summed E-state index contributed by atoms with van der Waals surface area (Å²) in [5.41, 5.74) is 8.10. The van der Waals surface area contributed by atoms with Crippen LogP contribution >= 0.6 is 11.8 Å². The Morgan fingerprint density at radius 2 is 2.12 bits per heavy atom. The smallest absolute Gasteiger partial charge is 0.237 e. The van der Waals surface area contributed by atoms with E-state index in [4.69, 9.17) is 5.73 Å². The Morgan fingerprint density at radius 3 is 2.84 bits per heavy atom. The molecule has 3 N–H and O–H groups in total. The van der Waals surface area contributed by atoms with Gasteiger partial charge in [0.15, 0.2) is 0 Å². The first-order valence-corrected chi connectivity index (χ1v) is 9.92. The molecule has 2 aromatic rings. The number of benzene rings is 1. The summed E-state index contributed by atoms with van der Waals surface area (Å²) in [5, 5.41) is 2.99. The van der Waals surface area contributed by atoms with Gasteiger partial charge in [-0.05, 0) is 30.4 Å². The summed E-state index contributed by atoms with van der Waals surface area (Å²) in [6, 6.07) is 9.78. The summed E-state index contributed by atoms with van der Waals surface area (Å²) in [4.78, 5) is 16.6. The van der Waals surface area contributed by atoms with Gasteiger partial charge in [-0.25, -0.2) is 4.98 Å². The SMILES string of the molecule is CCSCCC(C)NC(=O)[C@@H](N)Cc1cn(Cc2ccccc2)cn1. The van der Waals surface area contributed by atoms with Crippen LogP contribution in [0.25, 0.3) is 0 Å². The summed E-state index contributed by atoms with van der Waals surface area (Å²) >= 11 is 1.88. The minimum atomic E-state index is -0.568. The summed E-state index contributed by atoms with van der Waals surface area (Å²) in [6.45, 7) is 4.93. The van der Waals surface area contributed by atoms with E-state index < -0.39 is 6.04 Å². The molecule has 0 spiro atoms. The lowest BCUT2D eigenvalue weighted by Gasteiger charge is -2.16. The maximum Gasteiger partial charge on any atom is 0.237 e. The van der Waals surface area contributed by atoms with Crippen LogP contribution in [-0.4, -0.2) is 39.0 Å². The molecule has 0 fully saturated rings. The van der Waals surface area contributed by atoms with Crippen molar-refractivity contribution in [2.75, 3.05) is 11.5 Å². The fourth-order valence-corrected chi connectivity index (χ4v) is 3.35. The molecule has 1 aromatic heterocycles. The van der Waals surface area contributed by atoms with Gasteiger partial charge in [-0.2, -0.15) is 11.8 Å². The van der Waals surface area contributed by atoms with Crippen molar-refractivity contribution in [2.45, 2.75) is 45.3 Å². The first-order chi connectivity index (χ1) is 12.1. The van der Waals surface area contributed by atoms with Crippen LogP contribution in [-0.2, 0) is 17.8 Å². The van der Waals surface area contributed by atoms with E-state index in [0.717, 1.165) is 30.2 Å². The van der Waals surface area contributed by atoms with Crippen molar-refractivity contribution in [1.29, 1.82) is 0 Å². The predicted octanol–water partition coefficient (Wildman–Crippen LogP) is 2.45. The Bertz CT molecular complexity index is 644. The zero-order valence-corrected chi connectivity index (χ0v) is 15.8. The predicted molar refractivity (Wildman–Crippen MR) is 105 cm³/mol. The fourth-order valence-electron chi connectivity index (χ4n) is 2.54. The second kappa shape index (κ2) is 10.3. The van der Waals surface area contributed by atoms with Crippen LogP contribution in [0.15, 0.2) is 42.9 Å². The minimum Gasteiger partial charge on any atom is -0.352 e. The maximum absolute atomic E-state index is 12.2. The van der Waals surface area contributed by atoms with E-state index in [1.54, 1.807) is 6.33 Å². The molecule has 2 rings (SSSR count). The largest absolute Gasteiger partial charge is 0.352 e. The highest BCUT2D eigenvalue weighted by molar-refractivity contribution is 7.99. The number of carbonyl (C=O) groups is 1. The van der Waals surface area contributed by atoms with Gasteiger partial charge in [0.25, 0.3) is 0 Å². The molecule has 1 amide bonds. The molecular weight excluding hydrogens is 332 g/mol. The van der Waals surface area contributed by atoms with Crippen LogP contribution in [0.2, 0.25) is 0 Å². The van der Waals surface area contributed by atoms with Crippen molar-refractivity contribution in [3.05, 3.63) is 54.1 Å². The number of nitrogens with two attached hydrogens (primary N) is 1. The second-order valence-electron chi connectivity index (χ2n) is 6.23. The average molecular weight is 361 g/mol. The molecule has 0 radical (unpaired) electrons. The topological polar surface area (TPSA) is 72.9 Å². The Morgan fingerprint density at radius 1 is 1.36 bits per heavy atom. The number of hydrogen-bond acceptors (Lipinski definition) is 4. The van der Waals surface area contributed by atoms with Gasteiger partial charge in [0.05, 0.1) is 18.1 Å². The van der Waals surface area contributed by atoms with Crippen molar-refractivity contribution in [2.24, 2.45) is 5.73 Å². The normalized spacial score (nSPS) is 13.4. The first kappa shape index (κ1) is 19.5. The number of nitrogens with one attached hydrogen (secondary N) is 1. The van der Waals surface area contributed by atoms with Crippen molar-refractivity contribution in [3.63, 3.8) is 0 Å². The highest BCUT2D eigenvalue weighted by Crippen LogP contribution is 2.07. The summed E-state index contributed by atoms with van der Waals surface area (Å²) in [7, 11) is 0. The molecule has 1 unspecified atom stereocenters. The van der Waals surface area contributed by atoms with E-state index in [1.807, 2.05) is 47.6 Å². The molecule has 0 saturated carbocycles. The molecule has 0 aliphatic carbocycles. The molecule has 6 heteroatoms. The minimum absolute atomic E-state index is 0.105. The number of aromatic nitrogens is 2. The zero-order chi connectivity index (χ0) is 18.1. The lowest BCUT2D eigenvalue weighted by Crippen LogP contribution is -2.45. The van der Waals surface area contributed by atoms with Crippen LogP contribution < -0.4 is 11.1 Å². The molecular formula is C19H28N4OS. The molecule has 0 saturated heterocycles. The van der Waals surface area contributed by atoms with E-state index in [0.29, 0.717) is 6.42 Å². The van der Waals surface area contributed by atoms with Gasteiger partial charge in [0.2, 0.25) is 5.91 Å². The van der Waals surface area contributed by atoms with Crippen molar-refractivity contribution in [1.82, 2.24) is 14.9 Å². The zero-order valence-electron chi connectivity index (χ0n) is 15.0. The number of rotatable bonds is 10. The Balaban J connectivity index is 1.80. The van der Waals surface area contributed by atoms with Gasteiger partial charge in [0, 0.05) is 25.2 Å². The standard InChI is InChI=1S/C19H28N4OS/c1-3-25-10-9-15(2)22-19(24)18(20)11-17-13-23(14-21-17)12-16-7-5-4-6-8-16/h4-8,13-15,18H,3,9-12,20H2,1-2H3,(H,22,24)/t15?,18-/m0/s1. The lowest BCUT2D eigenvalue weighted by atomic mass is 10.1. The quantitative estimate of drug-likeness (QED) is 0.638. The molecule has 1 heterocycles. The number of imidazole rings is 1. The maximum atomic E-state index is 12.2. The summed E-state index contributed by atoms with van der Waals surface area (Å²) < 4.78 is 2.01. The molecule has 1 aromatic carbocycles. The van der Waals surface area contributed by atoms with Crippen LogP contribution in [0.3, 0.4) is 0 Å². The van der Waals surface area contributed by atoms with Gasteiger partial charge in [-0.15, -0.1) is 0 Å². The van der Waals surface area contributed by atoms with Crippen molar-refractivity contribution in [3.8, 4) is 0 Å². The second-order valence-corrected chi connectivity index (χ2v) is 7.62. The molecule has 5 nitrogen and oxygen atoms in total. The Hall–Kier alpha value is -1.79. The van der Waals surface area contributed by atoms with E-state index in [-0.39, 0.29) is 11.9 Å². The summed E-state index contributed by atoms with van der Waals surface area (Å²) in [6.07, 6.45) is 5.16. The van der Waals surface area contributed by atoms with E-state index in [1.165, 1.54) is 5.56 Å². The number of amides is 1. The van der Waals surface area contributed by atoms with Gasteiger partial charge in [-0.1, -0.05) is 37.3 Å². The number of thioether (sulfide) groups is 1. The molecule has 2 atom stereocenters. The monoisotopic (exact) mass is 360 g/mol. The third kappa shape index (κ3) is 6.92. The first-order valence-electron chi connectivity index (χ1n) is 8.76. The van der Waals surface area contributed by atoms with Crippen LogP contribution in [0.1, 0.15) is 31.5 Å². The van der Waals surface area contributed by atoms with Crippen molar-refractivity contribution >= 4 is 17.7 Å². The van der Waals surface area contributed by atoms with E-state index in [2.05, 4.69) is 29.4 Å². The highest BCUT2D eigenvalue weighted by atomic mass is 32.2. The van der Waals surface area contributed by atoms with E-state index >= 15 is 0 Å². The highest BCUT2D eigenvalue weighted by Gasteiger charge is 2.17. The lowest BCUT2D eigenvalue weighted by molar-refractivity contribution is -0.122. The van der Waals surface area contributed by atoms with Crippen molar-refractivity contribution < 1.29 is 4.79 Å². The van der Waals surface area contributed by atoms with Gasteiger partial charge >= 0.3 is 0 Å². The average Bonchev–Trinajstić information content (AvgIpc) is 3.02. The molecule has 0 bridgehead atoms. The van der Waals surface area contributed by atoms with Crippen LogP contribution in [0.5, 0.6) is 0 Å². The van der Waals surface area contributed by atoms with Gasteiger partial charge in [0.1, 0.15) is 0 Å². The van der Waals surface area contributed by atoms with Crippen LogP contribution in [0.4, 0.5) is 0 Å². The third-order valence-electron chi connectivity index (χ3n) is 3.95. The molecule has 0 aliphatic rings. The number of nitrogens with zero attached hydrogens (tertiary/aromatic N) is 2. The molecule has 0 aliphatic heterocycles. The Labute approximate surface area is 154 Å². The summed E-state index contributed by atoms with van der Waals surface area (Å²) in [5.74, 6) is 2.05.